The first kappa shape index (κ1) is 14.4. The molecule has 0 spiro atoms. The Hall–Kier alpha value is -2.56. The van der Waals surface area contributed by atoms with E-state index in [2.05, 4.69) is 0 Å². The number of carboxylic acids is 1. The average molecular weight is 299 g/mol. The lowest BCUT2D eigenvalue weighted by atomic mass is 10.1. The highest BCUT2D eigenvalue weighted by atomic mass is 16.5. The number of ether oxygens (including phenoxy) is 1. The molecule has 22 heavy (non-hydrogen) atoms. The van der Waals surface area contributed by atoms with Crippen LogP contribution in [0.1, 0.15) is 23.2 Å². The zero-order chi connectivity index (χ0) is 15.5. The minimum absolute atomic E-state index is 0.0768. The molecule has 1 aliphatic heterocycles. The van der Waals surface area contributed by atoms with Crippen LogP contribution in [0.4, 0.5) is 0 Å². The van der Waals surface area contributed by atoms with Gasteiger partial charge >= 0.3 is 5.97 Å². The fraction of sp³-hybridized carbons (Fsp3) is 0.294. The summed E-state index contributed by atoms with van der Waals surface area (Å²) in [5, 5.41) is 10.9. The number of aromatic carboxylic acids is 1. The first-order valence-corrected chi connectivity index (χ1v) is 7.32. The number of hydrogen-bond acceptors (Lipinski definition) is 3. The van der Waals surface area contributed by atoms with Crippen LogP contribution < -0.4 is 4.74 Å². The number of benzene rings is 2. The summed E-state index contributed by atoms with van der Waals surface area (Å²) >= 11 is 0. The molecule has 2 aromatic rings. The van der Waals surface area contributed by atoms with E-state index in [0.29, 0.717) is 5.39 Å². The third kappa shape index (κ3) is 2.74. The van der Waals surface area contributed by atoms with Gasteiger partial charge in [0.1, 0.15) is 11.3 Å². The van der Waals surface area contributed by atoms with E-state index in [-0.39, 0.29) is 23.8 Å². The van der Waals surface area contributed by atoms with Crippen molar-refractivity contribution in [2.45, 2.75) is 12.8 Å². The van der Waals surface area contributed by atoms with Crippen LogP contribution in [0, 0.1) is 0 Å². The second kappa shape index (κ2) is 6.05. The van der Waals surface area contributed by atoms with Gasteiger partial charge in [-0.05, 0) is 24.3 Å². The van der Waals surface area contributed by atoms with Crippen molar-refractivity contribution in [2.24, 2.45) is 0 Å². The van der Waals surface area contributed by atoms with Crippen LogP contribution in [-0.4, -0.2) is 41.6 Å². The summed E-state index contributed by atoms with van der Waals surface area (Å²) in [5.41, 5.74) is 0.0768. The molecule has 0 saturated carbocycles. The van der Waals surface area contributed by atoms with Crippen LogP contribution in [0.2, 0.25) is 0 Å². The molecule has 5 heteroatoms. The second-order valence-electron chi connectivity index (χ2n) is 5.35. The predicted molar refractivity (Wildman–Crippen MR) is 82.2 cm³/mol. The molecule has 0 atom stereocenters. The number of carbonyl (C=O) groups excluding carboxylic acids is 1. The molecule has 5 nitrogen and oxygen atoms in total. The van der Waals surface area contributed by atoms with E-state index < -0.39 is 5.97 Å². The summed E-state index contributed by atoms with van der Waals surface area (Å²) in [4.78, 5) is 25.2. The summed E-state index contributed by atoms with van der Waals surface area (Å²) in [6.45, 7) is 1.38. The SMILES string of the molecule is O=C(O)c1ccc2ccccc2c1OCC(=O)N1CCCC1. The van der Waals surface area contributed by atoms with E-state index in [9.17, 15) is 14.7 Å². The molecule has 1 fully saturated rings. The molecule has 0 bridgehead atoms. The molecule has 1 heterocycles. The molecule has 0 aliphatic carbocycles. The highest BCUT2D eigenvalue weighted by molar-refractivity contribution is 6.00. The summed E-state index contributed by atoms with van der Waals surface area (Å²) in [7, 11) is 0. The Bertz CT molecular complexity index is 720. The van der Waals surface area contributed by atoms with Crippen molar-refractivity contribution in [3.63, 3.8) is 0 Å². The molecular formula is C17H17NO4. The van der Waals surface area contributed by atoms with Crippen LogP contribution in [0.3, 0.4) is 0 Å². The Kier molecular flexibility index (Phi) is 3.96. The zero-order valence-electron chi connectivity index (χ0n) is 12.1. The number of hydrogen-bond donors (Lipinski definition) is 1. The topological polar surface area (TPSA) is 66.8 Å². The van der Waals surface area contributed by atoms with Crippen molar-refractivity contribution in [2.75, 3.05) is 19.7 Å². The molecule has 1 saturated heterocycles. The molecule has 1 amide bonds. The van der Waals surface area contributed by atoms with Crippen LogP contribution in [-0.2, 0) is 4.79 Å². The third-order valence-electron chi connectivity index (χ3n) is 3.91. The Morgan fingerprint density at radius 1 is 1.09 bits per heavy atom. The van der Waals surface area contributed by atoms with Crippen molar-refractivity contribution in [1.82, 2.24) is 4.90 Å². The molecule has 3 rings (SSSR count). The maximum absolute atomic E-state index is 12.1. The Morgan fingerprint density at radius 2 is 1.82 bits per heavy atom. The summed E-state index contributed by atoms with van der Waals surface area (Å²) in [6.07, 6.45) is 2.03. The number of carboxylic acid groups (broad SMARTS) is 1. The van der Waals surface area contributed by atoms with E-state index in [0.717, 1.165) is 31.3 Å². The van der Waals surface area contributed by atoms with E-state index in [4.69, 9.17) is 4.74 Å². The zero-order valence-corrected chi connectivity index (χ0v) is 12.1. The molecule has 114 valence electrons. The van der Waals surface area contributed by atoms with Gasteiger partial charge in [0.05, 0.1) is 0 Å². The standard InChI is InChI=1S/C17H17NO4/c19-15(18-9-3-4-10-18)11-22-16-13-6-2-1-5-12(13)7-8-14(16)17(20)21/h1-2,5-8H,3-4,9-11H2,(H,20,21). The van der Waals surface area contributed by atoms with Gasteiger partial charge in [-0.3, -0.25) is 4.79 Å². The lowest BCUT2D eigenvalue weighted by Gasteiger charge is -2.17. The number of nitrogens with zero attached hydrogens (tertiary/aromatic N) is 1. The van der Waals surface area contributed by atoms with Gasteiger partial charge in [-0.1, -0.05) is 30.3 Å². The molecule has 0 radical (unpaired) electrons. The maximum atomic E-state index is 12.1. The van der Waals surface area contributed by atoms with Gasteiger partial charge in [0.15, 0.2) is 6.61 Å². The average Bonchev–Trinajstić information content (AvgIpc) is 3.06. The van der Waals surface area contributed by atoms with Crippen molar-refractivity contribution >= 4 is 22.6 Å². The minimum atomic E-state index is -1.06. The lowest BCUT2D eigenvalue weighted by molar-refractivity contribution is -0.132. The van der Waals surface area contributed by atoms with E-state index in [1.807, 2.05) is 18.2 Å². The highest BCUT2D eigenvalue weighted by Gasteiger charge is 2.20. The van der Waals surface area contributed by atoms with Crippen molar-refractivity contribution < 1.29 is 19.4 Å². The van der Waals surface area contributed by atoms with Gasteiger partial charge in [0.2, 0.25) is 0 Å². The minimum Gasteiger partial charge on any atom is -0.482 e. The van der Waals surface area contributed by atoms with E-state index in [1.165, 1.54) is 6.07 Å². The van der Waals surface area contributed by atoms with Crippen molar-refractivity contribution in [3.05, 3.63) is 42.0 Å². The monoisotopic (exact) mass is 299 g/mol. The first-order chi connectivity index (χ1) is 10.7. The molecule has 1 N–H and O–H groups in total. The first-order valence-electron chi connectivity index (χ1n) is 7.32. The van der Waals surface area contributed by atoms with Gasteiger partial charge in [-0.25, -0.2) is 4.79 Å². The normalized spacial score (nSPS) is 14.3. The highest BCUT2D eigenvalue weighted by Crippen LogP contribution is 2.30. The Morgan fingerprint density at radius 3 is 2.55 bits per heavy atom. The number of likely N-dealkylation sites (tertiary alicyclic amines) is 1. The molecule has 2 aromatic carbocycles. The number of fused-ring (bicyclic) bond motifs is 1. The number of carbonyl (C=O) groups is 2. The number of rotatable bonds is 4. The maximum Gasteiger partial charge on any atom is 0.339 e. The Balaban J connectivity index is 1.89. The van der Waals surface area contributed by atoms with Gasteiger partial charge in [0.25, 0.3) is 5.91 Å². The van der Waals surface area contributed by atoms with Crippen LogP contribution in [0.5, 0.6) is 5.75 Å². The summed E-state index contributed by atoms with van der Waals surface area (Å²) in [6, 6.07) is 10.6. The van der Waals surface area contributed by atoms with Crippen LogP contribution >= 0.6 is 0 Å². The molecule has 0 unspecified atom stereocenters. The van der Waals surface area contributed by atoms with Gasteiger partial charge in [-0.15, -0.1) is 0 Å². The number of amides is 1. The summed E-state index contributed by atoms with van der Waals surface area (Å²) < 4.78 is 5.61. The molecular weight excluding hydrogens is 282 g/mol. The van der Waals surface area contributed by atoms with E-state index in [1.54, 1.807) is 17.0 Å². The van der Waals surface area contributed by atoms with Crippen molar-refractivity contribution in [3.8, 4) is 5.75 Å². The molecule has 0 aromatic heterocycles. The van der Waals surface area contributed by atoms with Crippen molar-refractivity contribution in [1.29, 1.82) is 0 Å². The second-order valence-corrected chi connectivity index (χ2v) is 5.35. The van der Waals surface area contributed by atoms with Crippen LogP contribution in [0.15, 0.2) is 36.4 Å². The fourth-order valence-corrected chi connectivity index (χ4v) is 2.76. The van der Waals surface area contributed by atoms with Crippen LogP contribution in [0.25, 0.3) is 10.8 Å². The van der Waals surface area contributed by atoms with Gasteiger partial charge in [0, 0.05) is 18.5 Å². The Labute approximate surface area is 128 Å². The largest absolute Gasteiger partial charge is 0.482 e. The fourth-order valence-electron chi connectivity index (χ4n) is 2.76. The summed E-state index contributed by atoms with van der Waals surface area (Å²) in [5.74, 6) is -0.894. The third-order valence-corrected chi connectivity index (χ3v) is 3.91. The van der Waals surface area contributed by atoms with E-state index >= 15 is 0 Å². The smallest absolute Gasteiger partial charge is 0.339 e. The van der Waals surface area contributed by atoms with Gasteiger partial charge < -0.3 is 14.7 Å². The van der Waals surface area contributed by atoms with Gasteiger partial charge in [-0.2, -0.15) is 0 Å². The lowest BCUT2D eigenvalue weighted by Crippen LogP contribution is -2.32. The predicted octanol–water partition coefficient (Wildman–Crippen LogP) is 2.54. The quantitative estimate of drug-likeness (QED) is 0.942. The molecule has 1 aliphatic rings.